The van der Waals surface area contributed by atoms with Crippen LogP contribution in [-0.4, -0.2) is 10.1 Å². The lowest BCUT2D eigenvalue weighted by molar-refractivity contribution is 0.372. The van der Waals surface area contributed by atoms with Crippen LogP contribution in [0.4, 0.5) is 5.69 Å². The van der Waals surface area contributed by atoms with Crippen LogP contribution in [0.1, 0.15) is 30.1 Å². The summed E-state index contributed by atoms with van der Waals surface area (Å²) in [7, 11) is 0. The SMILES string of the molecule is Nc1ccc(CCc2nc(CC3CC3)no2)cc1. The fourth-order valence-electron chi connectivity index (χ4n) is 1.99. The number of hydrogen-bond acceptors (Lipinski definition) is 4. The lowest BCUT2D eigenvalue weighted by Gasteiger charge is -1.98. The first-order valence-electron chi connectivity index (χ1n) is 6.45. The molecule has 1 heterocycles. The minimum absolute atomic E-state index is 0.738. The van der Waals surface area contributed by atoms with Crippen LogP contribution in [0, 0.1) is 5.92 Å². The van der Waals surface area contributed by atoms with Gasteiger partial charge in [0.05, 0.1) is 0 Å². The van der Waals surface area contributed by atoms with E-state index in [1.54, 1.807) is 0 Å². The van der Waals surface area contributed by atoms with Crippen LogP contribution in [0.25, 0.3) is 0 Å². The van der Waals surface area contributed by atoms with Gasteiger partial charge in [-0.05, 0) is 42.9 Å². The highest BCUT2D eigenvalue weighted by molar-refractivity contribution is 5.39. The first-order valence-corrected chi connectivity index (χ1v) is 6.45. The first-order chi connectivity index (χ1) is 8.79. The zero-order chi connectivity index (χ0) is 12.4. The molecule has 1 saturated carbocycles. The van der Waals surface area contributed by atoms with Crippen molar-refractivity contribution in [2.24, 2.45) is 5.92 Å². The molecule has 0 radical (unpaired) electrons. The molecule has 0 aliphatic heterocycles. The molecular weight excluding hydrogens is 226 g/mol. The van der Waals surface area contributed by atoms with Crippen molar-refractivity contribution in [2.45, 2.75) is 32.1 Å². The van der Waals surface area contributed by atoms with Gasteiger partial charge in [-0.25, -0.2) is 0 Å². The molecule has 1 aromatic carbocycles. The molecule has 4 heteroatoms. The zero-order valence-electron chi connectivity index (χ0n) is 10.3. The van der Waals surface area contributed by atoms with Crippen LogP contribution >= 0.6 is 0 Å². The lowest BCUT2D eigenvalue weighted by Crippen LogP contribution is -1.94. The molecule has 2 N–H and O–H groups in total. The molecule has 0 amide bonds. The third-order valence-electron chi connectivity index (χ3n) is 3.29. The summed E-state index contributed by atoms with van der Waals surface area (Å²) in [6, 6.07) is 7.91. The number of rotatable bonds is 5. The molecule has 1 aliphatic rings. The molecule has 4 nitrogen and oxygen atoms in total. The Bertz CT molecular complexity index is 514. The van der Waals surface area contributed by atoms with E-state index in [2.05, 4.69) is 10.1 Å². The van der Waals surface area contributed by atoms with Crippen LogP contribution in [-0.2, 0) is 19.3 Å². The van der Waals surface area contributed by atoms with Gasteiger partial charge in [-0.2, -0.15) is 4.98 Å². The van der Waals surface area contributed by atoms with E-state index >= 15 is 0 Å². The predicted octanol–water partition coefficient (Wildman–Crippen LogP) is 2.39. The minimum Gasteiger partial charge on any atom is -0.399 e. The van der Waals surface area contributed by atoms with Gasteiger partial charge < -0.3 is 10.3 Å². The number of benzene rings is 1. The van der Waals surface area contributed by atoms with Crippen molar-refractivity contribution >= 4 is 5.69 Å². The van der Waals surface area contributed by atoms with Crippen LogP contribution < -0.4 is 5.73 Å². The maximum atomic E-state index is 5.65. The average Bonchev–Trinajstić information content (AvgIpc) is 3.07. The van der Waals surface area contributed by atoms with E-state index in [1.165, 1.54) is 18.4 Å². The maximum absolute atomic E-state index is 5.65. The third-order valence-corrected chi connectivity index (χ3v) is 3.29. The van der Waals surface area contributed by atoms with E-state index in [9.17, 15) is 0 Å². The second kappa shape index (κ2) is 4.80. The van der Waals surface area contributed by atoms with E-state index in [0.717, 1.165) is 42.6 Å². The Morgan fingerprint density at radius 1 is 1.17 bits per heavy atom. The van der Waals surface area contributed by atoms with Crippen molar-refractivity contribution in [2.75, 3.05) is 5.73 Å². The summed E-state index contributed by atoms with van der Waals surface area (Å²) in [6.07, 6.45) is 5.31. The second-order valence-electron chi connectivity index (χ2n) is 4.99. The molecule has 1 fully saturated rings. The lowest BCUT2D eigenvalue weighted by atomic mass is 10.1. The summed E-state index contributed by atoms with van der Waals surface area (Å²) in [5, 5.41) is 4.02. The molecule has 0 saturated heterocycles. The van der Waals surface area contributed by atoms with Gasteiger partial charge in [0.2, 0.25) is 5.89 Å². The van der Waals surface area contributed by atoms with E-state index in [1.807, 2.05) is 24.3 Å². The zero-order valence-corrected chi connectivity index (χ0v) is 10.3. The Balaban J connectivity index is 1.55. The standard InChI is InChI=1S/C14H17N3O/c15-12-6-3-10(4-7-12)5-8-14-16-13(17-18-14)9-11-1-2-11/h3-4,6-7,11H,1-2,5,8-9,15H2. The number of nitrogen functional groups attached to an aromatic ring is 1. The molecular formula is C14H17N3O. The Morgan fingerprint density at radius 2 is 1.94 bits per heavy atom. The van der Waals surface area contributed by atoms with Gasteiger partial charge in [0.25, 0.3) is 0 Å². The molecule has 0 spiro atoms. The van der Waals surface area contributed by atoms with Crippen molar-refractivity contribution in [3.8, 4) is 0 Å². The number of aromatic nitrogens is 2. The van der Waals surface area contributed by atoms with Crippen molar-refractivity contribution < 1.29 is 4.52 Å². The van der Waals surface area contributed by atoms with Gasteiger partial charge in [0.1, 0.15) is 0 Å². The molecule has 1 aliphatic carbocycles. The van der Waals surface area contributed by atoms with E-state index in [0.29, 0.717) is 0 Å². The molecule has 0 atom stereocenters. The highest BCUT2D eigenvalue weighted by Crippen LogP contribution is 2.31. The number of nitrogens with two attached hydrogens (primary N) is 1. The summed E-state index contributed by atoms with van der Waals surface area (Å²) >= 11 is 0. The quantitative estimate of drug-likeness (QED) is 0.819. The largest absolute Gasteiger partial charge is 0.399 e. The predicted molar refractivity (Wildman–Crippen MR) is 69.0 cm³/mol. The number of nitrogens with zero attached hydrogens (tertiary/aromatic N) is 2. The molecule has 2 aromatic rings. The van der Waals surface area contributed by atoms with Crippen LogP contribution in [0.3, 0.4) is 0 Å². The maximum Gasteiger partial charge on any atom is 0.226 e. The van der Waals surface area contributed by atoms with Crippen LogP contribution in [0.2, 0.25) is 0 Å². The second-order valence-corrected chi connectivity index (χ2v) is 4.99. The Labute approximate surface area is 106 Å². The first kappa shape index (κ1) is 11.3. The van der Waals surface area contributed by atoms with Gasteiger partial charge in [0, 0.05) is 18.5 Å². The highest BCUT2D eigenvalue weighted by atomic mass is 16.5. The summed E-state index contributed by atoms with van der Waals surface area (Å²) in [5.41, 5.74) is 7.69. The van der Waals surface area contributed by atoms with E-state index in [4.69, 9.17) is 10.3 Å². The van der Waals surface area contributed by atoms with Crippen molar-refractivity contribution in [3.63, 3.8) is 0 Å². The van der Waals surface area contributed by atoms with Gasteiger partial charge in [0.15, 0.2) is 5.82 Å². The molecule has 0 bridgehead atoms. The van der Waals surface area contributed by atoms with Crippen LogP contribution in [0.15, 0.2) is 28.8 Å². The monoisotopic (exact) mass is 243 g/mol. The number of hydrogen-bond donors (Lipinski definition) is 1. The van der Waals surface area contributed by atoms with Crippen molar-refractivity contribution in [3.05, 3.63) is 41.5 Å². The Morgan fingerprint density at radius 3 is 2.67 bits per heavy atom. The van der Waals surface area contributed by atoms with Crippen molar-refractivity contribution in [1.29, 1.82) is 0 Å². The summed E-state index contributed by atoms with van der Waals surface area (Å²) < 4.78 is 5.25. The fourth-order valence-corrected chi connectivity index (χ4v) is 1.99. The molecule has 0 unspecified atom stereocenters. The number of anilines is 1. The fraction of sp³-hybridized carbons (Fsp3) is 0.429. The average molecular weight is 243 g/mol. The van der Waals surface area contributed by atoms with E-state index in [-0.39, 0.29) is 0 Å². The Kier molecular flexibility index (Phi) is 3.00. The topological polar surface area (TPSA) is 64.9 Å². The third kappa shape index (κ3) is 2.88. The van der Waals surface area contributed by atoms with Gasteiger partial charge in [-0.15, -0.1) is 0 Å². The summed E-state index contributed by atoms with van der Waals surface area (Å²) in [6.45, 7) is 0. The molecule has 1 aromatic heterocycles. The summed E-state index contributed by atoms with van der Waals surface area (Å²) in [5.74, 6) is 2.40. The van der Waals surface area contributed by atoms with Crippen molar-refractivity contribution in [1.82, 2.24) is 10.1 Å². The highest BCUT2D eigenvalue weighted by Gasteiger charge is 2.23. The van der Waals surface area contributed by atoms with Gasteiger partial charge in [-0.3, -0.25) is 0 Å². The summed E-state index contributed by atoms with van der Waals surface area (Å²) in [4.78, 5) is 4.42. The normalized spacial score (nSPS) is 14.9. The van der Waals surface area contributed by atoms with Gasteiger partial charge in [-0.1, -0.05) is 17.3 Å². The molecule has 3 rings (SSSR count). The molecule has 18 heavy (non-hydrogen) atoms. The smallest absolute Gasteiger partial charge is 0.226 e. The Hall–Kier alpha value is -1.84. The minimum atomic E-state index is 0.738. The molecule has 94 valence electrons. The van der Waals surface area contributed by atoms with Gasteiger partial charge >= 0.3 is 0 Å². The number of aryl methyl sites for hydroxylation is 2. The van der Waals surface area contributed by atoms with Crippen LogP contribution in [0.5, 0.6) is 0 Å². The van der Waals surface area contributed by atoms with E-state index < -0.39 is 0 Å².